The standard InChI is InChI=1S/C11H19F3N2O/c12-11(13,14)10(1-2-10)16-8-9(7-15)3-5-17-6-4-9/h16H,1-8,15H2. The third kappa shape index (κ3) is 2.58. The number of halogens is 3. The maximum absolute atomic E-state index is 12.8. The van der Waals surface area contributed by atoms with Gasteiger partial charge in [-0.3, -0.25) is 0 Å². The molecule has 0 atom stereocenters. The van der Waals surface area contributed by atoms with E-state index in [-0.39, 0.29) is 18.3 Å². The molecule has 0 unspecified atom stereocenters. The molecule has 0 spiro atoms. The van der Waals surface area contributed by atoms with Gasteiger partial charge < -0.3 is 15.8 Å². The van der Waals surface area contributed by atoms with Gasteiger partial charge in [-0.1, -0.05) is 0 Å². The Bertz CT molecular complexity index is 270. The Morgan fingerprint density at radius 2 is 1.71 bits per heavy atom. The fourth-order valence-electron chi connectivity index (χ4n) is 2.30. The van der Waals surface area contributed by atoms with Crippen molar-refractivity contribution in [3.63, 3.8) is 0 Å². The van der Waals surface area contributed by atoms with Crippen LogP contribution < -0.4 is 11.1 Å². The summed E-state index contributed by atoms with van der Waals surface area (Å²) in [4.78, 5) is 0. The van der Waals surface area contributed by atoms with Crippen LogP contribution in [0.3, 0.4) is 0 Å². The zero-order valence-electron chi connectivity index (χ0n) is 9.78. The van der Waals surface area contributed by atoms with Gasteiger partial charge in [-0.15, -0.1) is 0 Å². The molecule has 100 valence electrons. The average Bonchev–Trinajstić information content (AvgIpc) is 3.08. The third-order valence-corrected chi connectivity index (χ3v) is 4.08. The highest BCUT2D eigenvalue weighted by molar-refractivity contribution is 5.08. The van der Waals surface area contributed by atoms with Crippen LogP contribution in [0.5, 0.6) is 0 Å². The van der Waals surface area contributed by atoms with Crippen LogP contribution >= 0.6 is 0 Å². The molecule has 0 bridgehead atoms. The number of rotatable bonds is 4. The molecule has 3 N–H and O–H groups in total. The van der Waals surface area contributed by atoms with Gasteiger partial charge in [0.15, 0.2) is 0 Å². The van der Waals surface area contributed by atoms with E-state index in [1.54, 1.807) is 0 Å². The molecule has 1 saturated carbocycles. The van der Waals surface area contributed by atoms with Crippen molar-refractivity contribution < 1.29 is 17.9 Å². The first kappa shape index (κ1) is 13.1. The number of hydrogen-bond acceptors (Lipinski definition) is 3. The summed E-state index contributed by atoms with van der Waals surface area (Å²) in [6.45, 7) is 1.94. The molecule has 1 heterocycles. The molecule has 6 heteroatoms. The van der Waals surface area contributed by atoms with Crippen molar-refractivity contribution >= 4 is 0 Å². The van der Waals surface area contributed by atoms with Crippen LogP contribution in [0.25, 0.3) is 0 Å². The minimum Gasteiger partial charge on any atom is -0.381 e. The lowest BCUT2D eigenvalue weighted by Gasteiger charge is -2.38. The van der Waals surface area contributed by atoms with Crippen molar-refractivity contribution in [1.82, 2.24) is 5.32 Å². The minimum absolute atomic E-state index is 0.188. The molecule has 2 fully saturated rings. The molecule has 2 aliphatic rings. The van der Waals surface area contributed by atoms with Crippen LogP contribution in [0.1, 0.15) is 25.7 Å². The Balaban J connectivity index is 1.92. The Morgan fingerprint density at radius 1 is 1.12 bits per heavy atom. The predicted octanol–water partition coefficient (Wildman–Crippen LogP) is 1.43. The van der Waals surface area contributed by atoms with E-state index in [0.29, 0.717) is 26.3 Å². The van der Waals surface area contributed by atoms with Gasteiger partial charge in [-0.2, -0.15) is 13.2 Å². The van der Waals surface area contributed by atoms with Crippen LogP contribution in [0.15, 0.2) is 0 Å². The Labute approximate surface area is 98.9 Å². The smallest absolute Gasteiger partial charge is 0.381 e. The van der Waals surface area contributed by atoms with Gasteiger partial charge in [0.2, 0.25) is 0 Å². The molecule has 0 aromatic carbocycles. The first-order valence-corrected chi connectivity index (χ1v) is 6.03. The van der Waals surface area contributed by atoms with E-state index in [1.165, 1.54) is 0 Å². The van der Waals surface area contributed by atoms with E-state index in [0.717, 1.165) is 12.8 Å². The molecule has 0 radical (unpaired) electrons. The summed E-state index contributed by atoms with van der Waals surface area (Å²) in [5, 5.41) is 2.71. The van der Waals surface area contributed by atoms with E-state index < -0.39 is 11.7 Å². The zero-order valence-corrected chi connectivity index (χ0v) is 9.78. The van der Waals surface area contributed by atoms with E-state index in [1.807, 2.05) is 0 Å². The Morgan fingerprint density at radius 3 is 2.12 bits per heavy atom. The second-order valence-corrected chi connectivity index (χ2v) is 5.25. The lowest BCUT2D eigenvalue weighted by atomic mass is 9.80. The fourth-order valence-corrected chi connectivity index (χ4v) is 2.30. The van der Waals surface area contributed by atoms with Crippen molar-refractivity contribution in [3.05, 3.63) is 0 Å². The largest absolute Gasteiger partial charge is 0.406 e. The summed E-state index contributed by atoms with van der Waals surface area (Å²) < 4.78 is 43.5. The van der Waals surface area contributed by atoms with Crippen LogP contribution in [-0.2, 0) is 4.74 Å². The van der Waals surface area contributed by atoms with Gasteiger partial charge in [-0.25, -0.2) is 0 Å². The van der Waals surface area contributed by atoms with Crippen molar-refractivity contribution in [2.24, 2.45) is 11.1 Å². The molecular weight excluding hydrogens is 233 g/mol. The normalized spacial score (nSPS) is 26.8. The SMILES string of the molecule is NCC1(CNC2(C(F)(F)F)CC2)CCOCC1. The van der Waals surface area contributed by atoms with E-state index in [2.05, 4.69) is 5.32 Å². The van der Waals surface area contributed by atoms with Gasteiger partial charge in [-0.05, 0) is 37.6 Å². The number of alkyl halides is 3. The van der Waals surface area contributed by atoms with Gasteiger partial charge in [0, 0.05) is 19.8 Å². The first-order valence-electron chi connectivity index (χ1n) is 6.03. The highest BCUT2D eigenvalue weighted by Gasteiger charge is 2.63. The van der Waals surface area contributed by atoms with Gasteiger partial charge in [0.25, 0.3) is 0 Å². The van der Waals surface area contributed by atoms with Crippen molar-refractivity contribution in [2.45, 2.75) is 37.4 Å². The summed E-state index contributed by atoms with van der Waals surface area (Å²) >= 11 is 0. The van der Waals surface area contributed by atoms with Crippen molar-refractivity contribution in [2.75, 3.05) is 26.3 Å². The van der Waals surface area contributed by atoms with E-state index in [9.17, 15) is 13.2 Å². The third-order valence-electron chi connectivity index (χ3n) is 4.08. The van der Waals surface area contributed by atoms with Gasteiger partial charge in [0.1, 0.15) is 5.54 Å². The van der Waals surface area contributed by atoms with Gasteiger partial charge in [0.05, 0.1) is 0 Å². The lowest BCUT2D eigenvalue weighted by molar-refractivity contribution is -0.167. The number of nitrogens with two attached hydrogens (primary N) is 1. The minimum atomic E-state index is -4.14. The molecule has 1 saturated heterocycles. The lowest BCUT2D eigenvalue weighted by Crippen LogP contribution is -2.52. The van der Waals surface area contributed by atoms with E-state index in [4.69, 9.17) is 10.5 Å². The molecule has 17 heavy (non-hydrogen) atoms. The quantitative estimate of drug-likeness (QED) is 0.795. The summed E-state index contributed by atoms with van der Waals surface area (Å²) in [5.41, 5.74) is 3.87. The zero-order chi connectivity index (χ0) is 12.6. The average molecular weight is 252 g/mol. The number of nitrogens with one attached hydrogen (secondary N) is 1. The topological polar surface area (TPSA) is 47.3 Å². The molecule has 0 aromatic rings. The molecule has 3 nitrogen and oxygen atoms in total. The predicted molar refractivity (Wildman–Crippen MR) is 57.6 cm³/mol. The van der Waals surface area contributed by atoms with Gasteiger partial charge >= 0.3 is 6.18 Å². The molecule has 1 aliphatic heterocycles. The Hall–Kier alpha value is -0.330. The highest BCUT2D eigenvalue weighted by atomic mass is 19.4. The second-order valence-electron chi connectivity index (χ2n) is 5.25. The Kier molecular flexibility index (Phi) is 3.40. The monoisotopic (exact) mass is 252 g/mol. The van der Waals surface area contributed by atoms with E-state index >= 15 is 0 Å². The van der Waals surface area contributed by atoms with Crippen LogP contribution in [0.4, 0.5) is 13.2 Å². The molecule has 0 aromatic heterocycles. The van der Waals surface area contributed by atoms with Crippen LogP contribution in [-0.4, -0.2) is 38.0 Å². The van der Waals surface area contributed by atoms with Crippen molar-refractivity contribution in [3.8, 4) is 0 Å². The highest BCUT2D eigenvalue weighted by Crippen LogP contribution is 2.49. The second kappa shape index (κ2) is 4.40. The summed E-state index contributed by atoms with van der Waals surface area (Å²) in [6.07, 6.45) is -2.29. The fraction of sp³-hybridized carbons (Fsp3) is 1.00. The summed E-state index contributed by atoms with van der Waals surface area (Å²) in [5.74, 6) is 0. The van der Waals surface area contributed by atoms with Crippen molar-refractivity contribution in [1.29, 1.82) is 0 Å². The maximum atomic E-state index is 12.8. The van der Waals surface area contributed by atoms with Crippen LogP contribution in [0, 0.1) is 5.41 Å². The summed E-state index contributed by atoms with van der Waals surface area (Å²) in [6, 6.07) is 0. The number of ether oxygens (including phenoxy) is 1. The summed E-state index contributed by atoms with van der Waals surface area (Å²) in [7, 11) is 0. The molecule has 1 aliphatic carbocycles. The number of hydrogen-bond donors (Lipinski definition) is 2. The first-order chi connectivity index (χ1) is 7.93. The van der Waals surface area contributed by atoms with Crippen LogP contribution in [0.2, 0.25) is 0 Å². The molecular formula is C11H19F3N2O. The maximum Gasteiger partial charge on any atom is 0.406 e. The molecule has 0 amide bonds. The molecule has 2 rings (SSSR count).